The number of ether oxygens (including phenoxy) is 4. The van der Waals surface area contributed by atoms with Gasteiger partial charge in [0.25, 0.3) is 0 Å². The number of fused-ring (bicyclic) bond motifs is 3. The summed E-state index contributed by atoms with van der Waals surface area (Å²) in [6.45, 7) is 5.25. The van der Waals surface area contributed by atoms with Crippen molar-refractivity contribution in [1.82, 2.24) is 10.6 Å². The monoisotopic (exact) mass is 569 g/mol. The minimum Gasteiger partial charge on any atom is -0.493 e. The third kappa shape index (κ3) is 7.08. The van der Waals surface area contributed by atoms with Gasteiger partial charge in [0.15, 0.2) is 11.5 Å². The molecule has 0 aliphatic heterocycles. The highest BCUT2D eigenvalue weighted by Crippen LogP contribution is 2.50. The molecule has 0 saturated heterocycles. The number of hydrogen-bond acceptors (Lipinski definition) is 9. The van der Waals surface area contributed by atoms with E-state index in [1.807, 2.05) is 19.9 Å². The SMILES string of the molecule is COC(=O)CCNC(=O)[C@H](Nc1ccc2c(cc1=O)[C@H](NC(C)=O)CCc1cc(OC)c(OC)c(OC)c1-2)C(C)C. The minimum absolute atomic E-state index is 0.0346. The maximum atomic E-state index is 13.6. The Morgan fingerprint density at radius 3 is 2.29 bits per heavy atom. The topological polar surface area (TPSA) is 141 Å². The van der Waals surface area contributed by atoms with Gasteiger partial charge in [-0.1, -0.05) is 19.9 Å². The molecular formula is C30H39N3O8. The lowest BCUT2D eigenvalue weighted by Crippen LogP contribution is -2.44. The molecular weight excluding hydrogens is 530 g/mol. The van der Waals surface area contributed by atoms with Crippen LogP contribution in [0.2, 0.25) is 0 Å². The number of esters is 1. The number of carbonyl (C=O) groups excluding carboxylic acids is 3. The number of carbonyl (C=O) groups is 3. The summed E-state index contributed by atoms with van der Waals surface area (Å²) in [5.41, 5.74) is 2.80. The average Bonchev–Trinajstić information content (AvgIpc) is 3.18. The molecule has 11 nitrogen and oxygen atoms in total. The fraction of sp³-hybridized carbons (Fsp3) is 0.467. The second-order valence-electron chi connectivity index (χ2n) is 10.1. The van der Waals surface area contributed by atoms with Crippen LogP contribution in [-0.2, 0) is 25.5 Å². The van der Waals surface area contributed by atoms with E-state index in [0.29, 0.717) is 41.2 Å². The first-order chi connectivity index (χ1) is 19.6. The van der Waals surface area contributed by atoms with E-state index in [9.17, 15) is 19.2 Å². The molecule has 1 aliphatic carbocycles. The van der Waals surface area contributed by atoms with Gasteiger partial charge in [-0.15, -0.1) is 0 Å². The first kappa shape index (κ1) is 31.3. The molecule has 2 atom stereocenters. The second-order valence-corrected chi connectivity index (χ2v) is 10.1. The number of hydrogen-bond donors (Lipinski definition) is 3. The molecule has 41 heavy (non-hydrogen) atoms. The average molecular weight is 570 g/mol. The lowest BCUT2D eigenvalue weighted by Gasteiger charge is -2.22. The largest absolute Gasteiger partial charge is 0.493 e. The molecule has 0 radical (unpaired) electrons. The molecule has 0 unspecified atom stereocenters. The molecule has 11 heteroatoms. The van der Waals surface area contributed by atoms with Crippen LogP contribution in [0.25, 0.3) is 11.1 Å². The van der Waals surface area contributed by atoms with Crippen molar-refractivity contribution in [3.8, 4) is 28.4 Å². The van der Waals surface area contributed by atoms with Gasteiger partial charge in [-0.2, -0.15) is 0 Å². The van der Waals surface area contributed by atoms with E-state index in [4.69, 9.17) is 14.2 Å². The summed E-state index contributed by atoms with van der Waals surface area (Å²) in [4.78, 5) is 50.2. The summed E-state index contributed by atoms with van der Waals surface area (Å²) >= 11 is 0. The molecule has 222 valence electrons. The summed E-state index contributed by atoms with van der Waals surface area (Å²) in [5, 5.41) is 8.81. The first-order valence-corrected chi connectivity index (χ1v) is 13.4. The van der Waals surface area contributed by atoms with Crippen LogP contribution in [0.3, 0.4) is 0 Å². The fourth-order valence-corrected chi connectivity index (χ4v) is 5.03. The summed E-state index contributed by atoms with van der Waals surface area (Å²) in [6, 6.07) is 5.60. The normalized spacial score (nSPS) is 14.5. The number of anilines is 1. The van der Waals surface area contributed by atoms with Gasteiger partial charge in [0.2, 0.25) is 23.0 Å². The first-order valence-electron chi connectivity index (χ1n) is 13.4. The van der Waals surface area contributed by atoms with Crippen molar-refractivity contribution in [3.05, 3.63) is 45.6 Å². The Morgan fingerprint density at radius 1 is 1.00 bits per heavy atom. The van der Waals surface area contributed by atoms with Crippen LogP contribution in [0.5, 0.6) is 17.2 Å². The summed E-state index contributed by atoms with van der Waals surface area (Å²) < 4.78 is 21.6. The molecule has 2 aromatic rings. The highest BCUT2D eigenvalue weighted by atomic mass is 16.5. The van der Waals surface area contributed by atoms with Crippen molar-refractivity contribution < 1.29 is 33.3 Å². The van der Waals surface area contributed by atoms with Gasteiger partial charge < -0.3 is 34.9 Å². The molecule has 2 aromatic carbocycles. The van der Waals surface area contributed by atoms with E-state index in [-0.39, 0.29) is 41.8 Å². The zero-order valence-electron chi connectivity index (χ0n) is 24.6. The standard InChI is InChI=1S/C30H39N3O8/c1-16(2)27(30(37)31-13-12-25(36)39-5)33-22-11-9-19-20(15-23(22)35)21(32-17(3)34)10-8-18-14-24(38-4)28(40-6)29(41-7)26(18)19/h9,11,14-16,21,27H,8,10,12-13H2,1-7H3,(H,31,37)(H,32,34)(H,33,35)/t21-,27-/m1/s1. The number of methoxy groups -OCH3 is 4. The van der Waals surface area contributed by atoms with Crippen LogP contribution in [-0.4, -0.2) is 58.8 Å². The summed E-state index contributed by atoms with van der Waals surface area (Å²) in [6.07, 6.45) is 1.14. The highest BCUT2D eigenvalue weighted by molar-refractivity contribution is 5.86. The molecule has 0 fully saturated rings. The number of aryl methyl sites for hydroxylation is 1. The van der Waals surface area contributed by atoms with Crippen molar-refractivity contribution in [3.63, 3.8) is 0 Å². The van der Waals surface area contributed by atoms with E-state index in [0.717, 1.165) is 11.1 Å². The van der Waals surface area contributed by atoms with Crippen molar-refractivity contribution in [2.24, 2.45) is 5.92 Å². The molecule has 0 spiro atoms. The van der Waals surface area contributed by atoms with Gasteiger partial charge in [-0.3, -0.25) is 19.2 Å². The fourth-order valence-electron chi connectivity index (χ4n) is 5.03. The van der Waals surface area contributed by atoms with Gasteiger partial charge >= 0.3 is 5.97 Å². The maximum absolute atomic E-state index is 13.6. The van der Waals surface area contributed by atoms with Crippen LogP contribution in [0.4, 0.5) is 5.69 Å². The third-order valence-corrected chi connectivity index (χ3v) is 7.03. The van der Waals surface area contributed by atoms with E-state index < -0.39 is 18.1 Å². The van der Waals surface area contributed by atoms with Gasteiger partial charge in [0.05, 0.1) is 46.6 Å². The Morgan fingerprint density at radius 2 is 1.71 bits per heavy atom. The van der Waals surface area contributed by atoms with Gasteiger partial charge in [0, 0.05) is 19.0 Å². The number of benzene rings is 1. The Kier molecular flexibility index (Phi) is 10.6. The van der Waals surface area contributed by atoms with Crippen LogP contribution >= 0.6 is 0 Å². The van der Waals surface area contributed by atoms with Crippen molar-refractivity contribution in [2.75, 3.05) is 40.3 Å². The van der Waals surface area contributed by atoms with Crippen molar-refractivity contribution in [1.29, 1.82) is 0 Å². The lowest BCUT2D eigenvalue weighted by molar-refractivity contribution is -0.140. The highest BCUT2D eigenvalue weighted by Gasteiger charge is 2.30. The molecule has 2 amide bonds. The number of nitrogens with one attached hydrogen (secondary N) is 3. The maximum Gasteiger partial charge on any atom is 0.307 e. The van der Waals surface area contributed by atoms with Crippen LogP contribution in [0.1, 0.15) is 50.8 Å². The van der Waals surface area contributed by atoms with Gasteiger partial charge in [-0.25, -0.2) is 0 Å². The van der Waals surface area contributed by atoms with Crippen molar-refractivity contribution in [2.45, 2.75) is 52.1 Å². The van der Waals surface area contributed by atoms with E-state index in [1.165, 1.54) is 34.3 Å². The Labute approximate surface area is 239 Å². The predicted octanol–water partition coefficient (Wildman–Crippen LogP) is 2.98. The van der Waals surface area contributed by atoms with Crippen LogP contribution < -0.4 is 35.6 Å². The van der Waals surface area contributed by atoms with Gasteiger partial charge in [0.1, 0.15) is 6.04 Å². The van der Waals surface area contributed by atoms with E-state index >= 15 is 0 Å². The molecule has 1 aliphatic rings. The van der Waals surface area contributed by atoms with E-state index in [1.54, 1.807) is 19.2 Å². The third-order valence-electron chi connectivity index (χ3n) is 7.03. The van der Waals surface area contributed by atoms with Crippen molar-refractivity contribution >= 4 is 23.5 Å². The zero-order valence-corrected chi connectivity index (χ0v) is 24.6. The van der Waals surface area contributed by atoms with Gasteiger partial charge in [-0.05, 0) is 53.6 Å². The van der Waals surface area contributed by atoms with Crippen LogP contribution in [0.15, 0.2) is 29.1 Å². The molecule has 0 saturated carbocycles. The molecule has 3 N–H and O–H groups in total. The summed E-state index contributed by atoms with van der Waals surface area (Å²) in [5.74, 6) is 0.175. The molecule has 3 rings (SSSR count). The van der Waals surface area contributed by atoms with E-state index in [2.05, 4.69) is 20.7 Å². The summed E-state index contributed by atoms with van der Waals surface area (Å²) in [7, 11) is 5.89. The Hall–Kier alpha value is -4.28. The quantitative estimate of drug-likeness (QED) is 0.348. The lowest BCUT2D eigenvalue weighted by atomic mass is 9.95. The van der Waals surface area contributed by atoms with Crippen LogP contribution in [0, 0.1) is 5.92 Å². The number of rotatable bonds is 11. The Balaban J connectivity index is 2.15. The molecule has 0 heterocycles. The predicted molar refractivity (Wildman–Crippen MR) is 155 cm³/mol. The smallest absolute Gasteiger partial charge is 0.307 e. The zero-order chi connectivity index (χ0) is 30.3. The minimum atomic E-state index is -0.750. The second kappa shape index (κ2) is 13.9. The molecule has 0 bridgehead atoms. The number of amides is 2. The molecule has 0 aromatic heterocycles. The Bertz CT molecular complexity index is 1360.